The fourth-order valence-electron chi connectivity index (χ4n) is 10.7. The Morgan fingerprint density at radius 2 is 1.02 bits per heavy atom. The highest BCUT2D eigenvalue weighted by molar-refractivity contribution is 6.10. The molecule has 1 fully saturated rings. The van der Waals surface area contributed by atoms with Gasteiger partial charge in [0.15, 0.2) is 0 Å². The van der Waals surface area contributed by atoms with Crippen molar-refractivity contribution in [1.29, 1.82) is 0 Å². The third-order valence-electron chi connectivity index (χ3n) is 13.3. The molecule has 280 valence electrons. The lowest BCUT2D eigenvalue weighted by atomic mass is 9.76. The second kappa shape index (κ2) is 13.5. The minimum atomic E-state index is 0.0769. The van der Waals surface area contributed by atoms with Gasteiger partial charge >= 0.3 is 0 Å². The number of fused-ring (bicyclic) bond motifs is 9. The molecule has 2 nitrogen and oxygen atoms in total. The maximum Gasteiger partial charge on any atom is 0.0547 e. The van der Waals surface area contributed by atoms with E-state index in [-0.39, 0.29) is 5.41 Å². The van der Waals surface area contributed by atoms with E-state index in [0.29, 0.717) is 0 Å². The Balaban J connectivity index is 1.03. The Morgan fingerprint density at radius 3 is 1.88 bits per heavy atom. The van der Waals surface area contributed by atoms with E-state index < -0.39 is 0 Å². The van der Waals surface area contributed by atoms with E-state index in [4.69, 9.17) is 0 Å². The molecule has 1 aromatic heterocycles. The topological polar surface area (TPSA) is 8.17 Å². The summed E-state index contributed by atoms with van der Waals surface area (Å²) in [6.45, 7) is 0. The minimum Gasteiger partial charge on any atom is -0.310 e. The van der Waals surface area contributed by atoms with Gasteiger partial charge in [-0.2, -0.15) is 0 Å². The zero-order valence-electron chi connectivity index (χ0n) is 32.9. The van der Waals surface area contributed by atoms with Crippen molar-refractivity contribution in [1.82, 2.24) is 4.57 Å². The van der Waals surface area contributed by atoms with Crippen LogP contribution in [0.5, 0.6) is 0 Å². The summed E-state index contributed by atoms with van der Waals surface area (Å²) in [4.78, 5) is 2.50. The van der Waals surface area contributed by atoms with E-state index in [1.54, 1.807) is 0 Å². The molecule has 1 heterocycles. The summed E-state index contributed by atoms with van der Waals surface area (Å²) in [7, 11) is 0. The van der Waals surface area contributed by atoms with Crippen molar-refractivity contribution in [3.8, 4) is 39.1 Å². The van der Waals surface area contributed by atoms with Gasteiger partial charge in [0.25, 0.3) is 0 Å². The van der Waals surface area contributed by atoms with Gasteiger partial charge in [0.05, 0.1) is 16.7 Å². The Labute approximate surface area is 345 Å². The first-order valence-corrected chi connectivity index (χ1v) is 21.1. The smallest absolute Gasteiger partial charge is 0.0547 e. The van der Waals surface area contributed by atoms with Crippen molar-refractivity contribution in [3.05, 3.63) is 217 Å². The molecule has 0 atom stereocenters. The molecule has 2 heteroatoms. The monoisotopic (exact) mass is 754 g/mol. The highest BCUT2D eigenvalue weighted by Crippen LogP contribution is 2.58. The largest absolute Gasteiger partial charge is 0.310 e. The molecule has 9 aromatic carbocycles. The maximum atomic E-state index is 2.53. The number of para-hydroxylation sites is 3. The van der Waals surface area contributed by atoms with Crippen LogP contribution >= 0.6 is 0 Å². The number of hydrogen-bond acceptors (Lipinski definition) is 1. The quantitative estimate of drug-likeness (QED) is 0.164. The van der Waals surface area contributed by atoms with Crippen LogP contribution in [0, 0.1) is 0 Å². The molecule has 0 N–H and O–H groups in total. The Morgan fingerprint density at radius 1 is 0.390 bits per heavy atom. The third-order valence-corrected chi connectivity index (χ3v) is 13.3. The molecule has 0 radical (unpaired) electrons. The lowest BCUT2D eigenvalue weighted by Gasteiger charge is -2.31. The van der Waals surface area contributed by atoms with Gasteiger partial charge in [0, 0.05) is 38.8 Å². The van der Waals surface area contributed by atoms with Gasteiger partial charge in [-0.05, 0) is 117 Å². The number of anilines is 3. The van der Waals surface area contributed by atoms with Gasteiger partial charge in [0.1, 0.15) is 0 Å². The van der Waals surface area contributed by atoms with Crippen LogP contribution in [0.2, 0.25) is 0 Å². The summed E-state index contributed by atoms with van der Waals surface area (Å²) in [5, 5.41) is 5.04. The zero-order chi connectivity index (χ0) is 38.9. The molecule has 59 heavy (non-hydrogen) atoms. The summed E-state index contributed by atoms with van der Waals surface area (Å²) >= 11 is 0. The molecular formula is C57H42N2. The first-order valence-electron chi connectivity index (χ1n) is 21.1. The molecule has 0 aliphatic heterocycles. The second-order valence-corrected chi connectivity index (χ2v) is 16.4. The summed E-state index contributed by atoms with van der Waals surface area (Å²) in [6, 6.07) is 76.5. The molecule has 12 rings (SSSR count). The van der Waals surface area contributed by atoms with E-state index in [9.17, 15) is 0 Å². The molecule has 10 aromatic rings. The van der Waals surface area contributed by atoms with Crippen LogP contribution in [-0.4, -0.2) is 4.57 Å². The normalized spacial score (nSPS) is 14.0. The molecule has 2 aliphatic carbocycles. The SMILES string of the molecule is c1ccc(-n2c3ccccc3c3ccc(-c4ccc(N(c5ccc6c(c5)C5(CCCC5)c5ccccc5-6)c5ccccc5-c5cccc6ccccc56)cc4)cc32)cc1. The molecule has 0 unspecified atom stereocenters. The van der Waals surface area contributed by atoms with Gasteiger partial charge in [-0.3, -0.25) is 0 Å². The van der Waals surface area contributed by atoms with Crippen molar-refractivity contribution in [3.63, 3.8) is 0 Å². The fourth-order valence-corrected chi connectivity index (χ4v) is 10.7. The van der Waals surface area contributed by atoms with Crippen molar-refractivity contribution in [2.45, 2.75) is 31.1 Å². The molecular weight excluding hydrogens is 713 g/mol. The average Bonchev–Trinajstić information content (AvgIpc) is 4.01. The molecule has 1 saturated carbocycles. The highest BCUT2D eigenvalue weighted by atomic mass is 15.1. The predicted octanol–water partition coefficient (Wildman–Crippen LogP) is 15.6. The molecule has 0 bridgehead atoms. The van der Waals surface area contributed by atoms with Gasteiger partial charge in [-0.1, -0.05) is 165 Å². The Hall–Kier alpha value is -7.16. The van der Waals surface area contributed by atoms with Crippen LogP contribution in [0.25, 0.3) is 71.6 Å². The zero-order valence-corrected chi connectivity index (χ0v) is 32.9. The van der Waals surface area contributed by atoms with Gasteiger partial charge in [-0.15, -0.1) is 0 Å². The van der Waals surface area contributed by atoms with Gasteiger partial charge < -0.3 is 9.47 Å². The van der Waals surface area contributed by atoms with E-state index in [1.807, 2.05) is 0 Å². The van der Waals surface area contributed by atoms with Gasteiger partial charge in [0.2, 0.25) is 0 Å². The number of nitrogens with zero attached hydrogens (tertiary/aromatic N) is 2. The first kappa shape index (κ1) is 33.9. The van der Waals surface area contributed by atoms with Crippen LogP contribution in [0.3, 0.4) is 0 Å². The number of rotatable bonds is 6. The lowest BCUT2D eigenvalue weighted by molar-refractivity contribution is 0.550. The Kier molecular flexibility index (Phi) is 7.74. The number of hydrogen-bond donors (Lipinski definition) is 0. The maximum absolute atomic E-state index is 2.53. The summed E-state index contributed by atoms with van der Waals surface area (Å²) in [5.41, 5.74) is 17.8. The van der Waals surface area contributed by atoms with Crippen LogP contribution in [0.4, 0.5) is 17.1 Å². The second-order valence-electron chi connectivity index (χ2n) is 16.4. The van der Waals surface area contributed by atoms with Crippen molar-refractivity contribution < 1.29 is 0 Å². The number of aromatic nitrogens is 1. The van der Waals surface area contributed by atoms with Gasteiger partial charge in [-0.25, -0.2) is 0 Å². The van der Waals surface area contributed by atoms with E-state index in [0.717, 1.165) is 5.69 Å². The van der Waals surface area contributed by atoms with Crippen molar-refractivity contribution in [2.75, 3.05) is 4.90 Å². The summed E-state index contributed by atoms with van der Waals surface area (Å²) < 4.78 is 2.40. The molecule has 0 amide bonds. The van der Waals surface area contributed by atoms with E-state index >= 15 is 0 Å². The molecule has 0 saturated heterocycles. The highest BCUT2D eigenvalue weighted by Gasteiger charge is 2.45. The van der Waals surface area contributed by atoms with Crippen LogP contribution in [-0.2, 0) is 5.41 Å². The molecule has 2 aliphatic rings. The summed E-state index contributed by atoms with van der Waals surface area (Å²) in [6.07, 6.45) is 4.95. The predicted molar refractivity (Wildman–Crippen MR) is 249 cm³/mol. The van der Waals surface area contributed by atoms with Crippen LogP contribution in [0.15, 0.2) is 206 Å². The van der Waals surface area contributed by atoms with Crippen LogP contribution in [0.1, 0.15) is 36.8 Å². The summed E-state index contributed by atoms with van der Waals surface area (Å²) in [5.74, 6) is 0. The molecule has 1 spiro atoms. The average molecular weight is 755 g/mol. The third kappa shape index (κ3) is 5.26. The fraction of sp³-hybridized carbons (Fsp3) is 0.0877. The Bertz CT molecular complexity index is 3210. The van der Waals surface area contributed by atoms with E-state index in [1.165, 1.54) is 120 Å². The standard InChI is InChI=1S/C57H42N2/c1-2-17-42(18-3-1)59-55-26-11-8-22-50(55)51-33-29-41(37-56(51)59)39-27-30-43(31-28-39)58(54-25-10-7-21-49(54)46-23-14-16-40-15-4-5-19-45(40)46)44-32-34-48-47-20-6-9-24-52(47)57(53(48)38-44)35-12-13-36-57/h1-11,14-34,37-38H,12-13,35-36H2. The lowest BCUT2D eigenvalue weighted by Crippen LogP contribution is -2.21. The van der Waals surface area contributed by atoms with Crippen molar-refractivity contribution in [2.24, 2.45) is 0 Å². The minimum absolute atomic E-state index is 0.0769. The van der Waals surface area contributed by atoms with Crippen molar-refractivity contribution >= 4 is 49.6 Å². The number of benzene rings is 9. The first-order chi connectivity index (χ1) is 29.2. The van der Waals surface area contributed by atoms with E-state index in [2.05, 4.69) is 216 Å². The van der Waals surface area contributed by atoms with Crippen LogP contribution < -0.4 is 4.90 Å².